The monoisotopic (exact) mass is 286 g/mol. The molecular formula is C10H14BrF3O. The first-order chi connectivity index (χ1) is 6.94. The van der Waals surface area contributed by atoms with Crippen LogP contribution in [0.25, 0.3) is 0 Å². The van der Waals surface area contributed by atoms with Crippen molar-refractivity contribution in [1.82, 2.24) is 0 Å². The van der Waals surface area contributed by atoms with Gasteiger partial charge in [-0.15, -0.1) is 0 Å². The molecule has 2 rings (SSSR count). The van der Waals surface area contributed by atoms with E-state index in [-0.39, 0.29) is 11.5 Å². The SMILES string of the molecule is FC(F)(F)COC1CC(Br)C12CCCC2. The van der Waals surface area contributed by atoms with Gasteiger partial charge in [-0.05, 0) is 19.3 Å². The Hall–Kier alpha value is 0.230. The fourth-order valence-electron chi connectivity index (χ4n) is 2.80. The molecule has 0 N–H and O–H groups in total. The highest BCUT2D eigenvalue weighted by molar-refractivity contribution is 9.09. The summed E-state index contributed by atoms with van der Waals surface area (Å²) in [5.41, 5.74) is 0.00521. The highest BCUT2D eigenvalue weighted by Gasteiger charge is 2.56. The minimum absolute atomic E-state index is 0.00521. The number of ether oxygens (including phenoxy) is 1. The number of halogens is 4. The fourth-order valence-corrected chi connectivity index (χ4v) is 3.89. The van der Waals surface area contributed by atoms with Crippen LogP contribution in [0.5, 0.6) is 0 Å². The standard InChI is InChI=1S/C10H14BrF3O/c11-7-5-8(15-6-10(12,13)14)9(7)3-1-2-4-9/h7-8H,1-6H2. The quantitative estimate of drug-likeness (QED) is 0.704. The molecule has 1 spiro atoms. The second-order valence-corrected chi connectivity index (χ2v) is 5.66. The van der Waals surface area contributed by atoms with E-state index in [4.69, 9.17) is 4.74 Å². The molecule has 15 heavy (non-hydrogen) atoms. The van der Waals surface area contributed by atoms with E-state index in [0.717, 1.165) is 32.1 Å². The van der Waals surface area contributed by atoms with E-state index in [2.05, 4.69) is 15.9 Å². The Balaban J connectivity index is 1.89. The Labute approximate surface area is 95.5 Å². The normalized spacial score (nSPS) is 34.4. The Morgan fingerprint density at radius 1 is 1.27 bits per heavy atom. The number of alkyl halides is 4. The lowest BCUT2D eigenvalue weighted by Crippen LogP contribution is -2.54. The van der Waals surface area contributed by atoms with E-state index in [0.29, 0.717) is 4.83 Å². The van der Waals surface area contributed by atoms with Gasteiger partial charge in [-0.1, -0.05) is 28.8 Å². The molecule has 2 unspecified atom stereocenters. The number of hydrogen-bond donors (Lipinski definition) is 0. The maximum atomic E-state index is 12.0. The van der Waals surface area contributed by atoms with Crippen molar-refractivity contribution < 1.29 is 17.9 Å². The van der Waals surface area contributed by atoms with Crippen LogP contribution in [0.3, 0.4) is 0 Å². The number of hydrogen-bond acceptors (Lipinski definition) is 1. The molecule has 2 saturated carbocycles. The summed E-state index contributed by atoms with van der Waals surface area (Å²) in [6.07, 6.45) is 0.581. The van der Waals surface area contributed by atoms with Crippen LogP contribution in [0.2, 0.25) is 0 Å². The van der Waals surface area contributed by atoms with Crippen molar-refractivity contribution in [3.05, 3.63) is 0 Å². The van der Waals surface area contributed by atoms with Gasteiger partial charge in [0.2, 0.25) is 0 Å². The van der Waals surface area contributed by atoms with Crippen LogP contribution in [-0.2, 0) is 4.74 Å². The Morgan fingerprint density at radius 2 is 1.87 bits per heavy atom. The van der Waals surface area contributed by atoms with Crippen molar-refractivity contribution in [2.75, 3.05) is 6.61 Å². The van der Waals surface area contributed by atoms with Gasteiger partial charge in [0, 0.05) is 10.2 Å². The molecule has 0 aliphatic heterocycles. The van der Waals surface area contributed by atoms with Gasteiger partial charge in [0.1, 0.15) is 6.61 Å². The molecule has 0 saturated heterocycles. The smallest absolute Gasteiger partial charge is 0.368 e. The van der Waals surface area contributed by atoms with Crippen LogP contribution in [0.4, 0.5) is 13.2 Å². The largest absolute Gasteiger partial charge is 0.411 e. The third-order valence-electron chi connectivity index (χ3n) is 3.67. The molecule has 0 amide bonds. The molecule has 0 aromatic heterocycles. The zero-order chi connectivity index (χ0) is 11.1. The molecular weight excluding hydrogens is 273 g/mol. The Kier molecular flexibility index (Phi) is 3.05. The molecule has 0 radical (unpaired) electrons. The molecule has 0 heterocycles. The third kappa shape index (κ3) is 2.18. The van der Waals surface area contributed by atoms with E-state index in [1.54, 1.807) is 0 Å². The van der Waals surface area contributed by atoms with Crippen LogP contribution in [0.1, 0.15) is 32.1 Å². The van der Waals surface area contributed by atoms with E-state index in [1.165, 1.54) is 0 Å². The van der Waals surface area contributed by atoms with E-state index >= 15 is 0 Å². The van der Waals surface area contributed by atoms with E-state index in [9.17, 15) is 13.2 Å². The summed E-state index contributed by atoms with van der Waals surface area (Å²) in [6, 6.07) is 0. The van der Waals surface area contributed by atoms with Crippen LogP contribution in [0.15, 0.2) is 0 Å². The van der Waals surface area contributed by atoms with Gasteiger partial charge in [-0.2, -0.15) is 13.2 Å². The predicted octanol–water partition coefficient (Wildman–Crippen LogP) is 3.66. The first-order valence-corrected chi connectivity index (χ1v) is 6.18. The van der Waals surface area contributed by atoms with Gasteiger partial charge in [0.25, 0.3) is 0 Å². The highest BCUT2D eigenvalue weighted by atomic mass is 79.9. The molecule has 2 aliphatic carbocycles. The first-order valence-electron chi connectivity index (χ1n) is 5.26. The lowest BCUT2D eigenvalue weighted by atomic mass is 9.64. The molecule has 2 atom stereocenters. The average Bonchev–Trinajstić information content (AvgIpc) is 2.61. The van der Waals surface area contributed by atoms with E-state index in [1.807, 2.05) is 0 Å². The zero-order valence-electron chi connectivity index (χ0n) is 8.32. The third-order valence-corrected chi connectivity index (χ3v) is 4.95. The number of rotatable bonds is 2. The zero-order valence-corrected chi connectivity index (χ0v) is 9.90. The molecule has 0 aromatic rings. The second kappa shape index (κ2) is 3.91. The summed E-state index contributed by atoms with van der Waals surface area (Å²) in [6.45, 7) is -1.10. The predicted molar refractivity (Wildman–Crippen MR) is 54.0 cm³/mol. The lowest BCUT2D eigenvalue weighted by molar-refractivity contribution is -0.213. The molecule has 1 nitrogen and oxygen atoms in total. The van der Waals surface area contributed by atoms with Gasteiger partial charge in [-0.25, -0.2) is 0 Å². The van der Waals surface area contributed by atoms with Crippen molar-refractivity contribution >= 4 is 15.9 Å². The Morgan fingerprint density at radius 3 is 2.33 bits per heavy atom. The van der Waals surface area contributed by atoms with Crippen LogP contribution in [0, 0.1) is 5.41 Å². The van der Waals surface area contributed by atoms with Crippen LogP contribution < -0.4 is 0 Å². The summed E-state index contributed by atoms with van der Waals surface area (Å²) >= 11 is 3.54. The molecule has 0 bridgehead atoms. The minimum Gasteiger partial charge on any atom is -0.368 e. The van der Waals surface area contributed by atoms with Gasteiger partial charge in [0.05, 0.1) is 6.10 Å². The van der Waals surface area contributed by atoms with Crippen molar-refractivity contribution in [2.45, 2.75) is 49.2 Å². The van der Waals surface area contributed by atoms with Gasteiger partial charge >= 0.3 is 6.18 Å². The average molecular weight is 287 g/mol. The summed E-state index contributed by atoms with van der Waals surface area (Å²) in [7, 11) is 0. The maximum Gasteiger partial charge on any atom is 0.411 e. The minimum atomic E-state index is -4.20. The van der Waals surface area contributed by atoms with Gasteiger partial charge in [0.15, 0.2) is 0 Å². The van der Waals surface area contributed by atoms with Crippen molar-refractivity contribution in [3.63, 3.8) is 0 Å². The van der Waals surface area contributed by atoms with Gasteiger partial charge in [-0.3, -0.25) is 0 Å². The fraction of sp³-hybridized carbons (Fsp3) is 1.00. The molecule has 88 valence electrons. The summed E-state index contributed by atoms with van der Waals surface area (Å²) in [5, 5.41) is 0. The lowest BCUT2D eigenvalue weighted by Gasteiger charge is -2.51. The van der Waals surface area contributed by atoms with E-state index < -0.39 is 12.8 Å². The maximum absolute atomic E-state index is 12.0. The topological polar surface area (TPSA) is 9.23 Å². The first kappa shape index (κ1) is 11.7. The summed E-state index contributed by atoms with van der Waals surface area (Å²) in [4.78, 5) is 0.353. The molecule has 2 aliphatic rings. The van der Waals surface area contributed by atoms with Crippen LogP contribution >= 0.6 is 15.9 Å². The van der Waals surface area contributed by atoms with Crippen LogP contribution in [-0.4, -0.2) is 23.7 Å². The molecule has 2 fully saturated rings. The summed E-state index contributed by atoms with van der Waals surface area (Å²) < 4.78 is 41.0. The Bertz CT molecular complexity index is 235. The molecule has 5 heteroatoms. The van der Waals surface area contributed by atoms with Gasteiger partial charge < -0.3 is 4.74 Å². The second-order valence-electron chi connectivity index (χ2n) is 4.56. The van der Waals surface area contributed by atoms with Crippen molar-refractivity contribution in [2.24, 2.45) is 5.41 Å². The highest BCUT2D eigenvalue weighted by Crippen LogP contribution is 2.57. The van der Waals surface area contributed by atoms with Crippen molar-refractivity contribution in [1.29, 1.82) is 0 Å². The molecule has 0 aromatic carbocycles. The summed E-state index contributed by atoms with van der Waals surface area (Å²) in [5.74, 6) is 0. The van der Waals surface area contributed by atoms with Crippen molar-refractivity contribution in [3.8, 4) is 0 Å².